The number of Topliss-reactive ketones (excluding diaryl/α,β-unsaturated/α-hetero) is 2. The van der Waals surface area contributed by atoms with Gasteiger partial charge in [-0.2, -0.15) is 0 Å². The number of ketones is 2. The van der Waals surface area contributed by atoms with Gasteiger partial charge in [-0.3, -0.25) is 9.59 Å². The van der Waals surface area contributed by atoms with E-state index in [4.69, 9.17) is 9.26 Å². The fourth-order valence-corrected chi connectivity index (χ4v) is 2.49. The molecule has 0 saturated carbocycles. The van der Waals surface area contributed by atoms with Crippen molar-refractivity contribution in [2.45, 2.75) is 52.7 Å². The van der Waals surface area contributed by atoms with Crippen LogP contribution in [0.4, 0.5) is 4.79 Å². The molecule has 1 amide bonds. The van der Waals surface area contributed by atoms with Gasteiger partial charge in [0.15, 0.2) is 11.5 Å². The third-order valence-corrected chi connectivity index (χ3v) is 3.62. The number of nitrogens with zero attached hydrogens (tertiary/aromatic N) is 2. The van der Waals surface area contributed by atoms with Gasteiger partial charge in [0.1, 0.15) is 23.1 Å². The molecule has 7 nitrogen and oxygen atoms in total. The number of hydrogen-bond donors (Lipinski definition) is 0. The van der Waals surface area contributed by atoms with Gasteiger partial charge in [0.05, 0.1) is 0 Å². The first-order valence-corrected chi connectivity index (χ1v) is 7.58. The van der Waals surface area contributed by atoms with Gasteiger partial charge in [0, 0.05) is 25.1 Å². The average Bonchev–Trinajstić information content (AvgIpc) is 2.82. The summed E-state index contributed by atoms with van der Waals surface area (Å²) >= 11 is 0. The van der Waals surface area contributed by atoms with Gasteiger partial charge in [0.2, 0.25) is 0 Å². The average molecular weight is 322 g/mol. The minimum atomic E-state index is -0.928. The highest BCUT2D eigenvalue weighted by molar-refractivity contribution is 6.10. The van der Waals surface area contributed by atoms with Crippen LogP contribution >= 0.6 is 0 Å². The molecule has 1 aliphatic rings. The van der Waals surface area contributed by atoms with Crippen molar-refractivity contribution in [1.29, 1.82) is 0 Å². The predicted molar refractivity (Wildman–Crippen MR) is 81.1 cm³/mol. The van der Waals surface area contributed by atoms with Crippen LogP contribution in [0.2, 0.25) is 0 Å². The van der Waals surface area contributed by atoms with E-state index in [1.54, 1.807) is 34.6 Å². The van der Waals surface area contributed by atoms with E-state index < -0.39 is 23.4 Å². The molecule has 2 rings (SSSR count). The second-order valence-electron chi connectivity index (χ2n) is 6.89. The Balaban J connectivity index is 2.17. The van der Waals surface area contributed by atoms with E-state index in [0.717, 1.165) is 0 Å². The number of aryl methyl sites for hydroxylation is 1. The monoisotopic (exact) mass is 322 g/mol. The molecule has 1 saturated heterocycles. The normalized spacial score (nSPS) is 22.1. The van der Waals surface area contributed by atoms with Crippen LogP contribution in [0.15, 0.2) is 10.6 Å². The molecule has 0 aliphatic carbocycles. The molecule has 0 radical (unpaired) electrons. The summed E-state index contributed by atoms with van der Waals surface area (Å²) in [5, 5.41) is 3.66. The minimum Gasteiger partial charge on any atom is -0.444 e. The second kappa shape index (κ2) is 6.14. The summed E-state index contributed by atoms with van der Waals surface area (Å²) in [5.41, 5.74) is -0.527. The SMILES string of the molecule is Cc1cc(C(=O)C2CN(C(=O)OC(C)(C)C)[C@@H](C)CC2=O)no1. The molecule has 0 N–H and O–H groups in total. The summed E-state index contributed by atoms with van der Waals surface area (Å²) < 4.78 is 10.2. The lowest BCUT2D eigenvalue weighted by Crippen LogP contribution is -2.52. The summed E-state index contributed by atoms with van der Waals surface area (Å²) in [7, 11) is 0. The first kappa shape index (κ1) is 17.2. The highest BCUT2D eigenvalue weighted by Crippen LogP contribution is 2.24. The number of likely N-dealkylation sites (tertiary alicyclic amines) is 1. The number of carbonyl (C=O) groups excluding carboxylic acids is 3. The maximum atomic E-state index is 12.5. The predicted octanol–water partition coefficient (Wildman–Crippen LogP) is 2.38. The quantitative estimate of drug-likeness (QED) is 0.613. The van der Waals surface area contributed by atoms with Crippen LogP contribution in [0, 0.1) is 12.8 Å². The molecule has 1 unspecified atom stereocenters. The molecule has 1 fully saturated rings. The Morgan fingerprint density at radius 1 is 1.39 bits per heavy atom. The molecule has 7 heteroatoms. The van der Waals surface area contributed by atoms with Crippen LogP contribution in [0.3, 0.4) is 0 Å². The Hall–Kier alpha value is -2.18. The minimum absolute atomic E-state index is 0.000343. The lowest BCUT2D eigenvalue weighted by molar-refractivity contribution is -0.125. The van der Waals surface area contributed by atoms with Crippen molar-refractivity contribution in [3.63, 3.8) is 0 Å². The van der Waals surface area contributed by atoms with Crippen molar-refractivity contribution in [1.82, 2.24) is 10.1 Å². The van der Waals surface area contributed by atoms with Crippen LogP contribution in [0.5, 0.6) is 0 Å². The van der Waals surface area contributed by atoms with Crippen molar-refractivity contribution in [3.8, 4) is 0 Å². The van der Waals surface area contributed by atoms with Gasteiger partial charge in [-0.15, -0.1) is 0 Å². The number of hydrogen-bond acceptors (Lipinski definition) is 6. The van der Waals surface area contributed by atoms with Gasteiger partial charge < -0.3 is 14.2 Å². The third kappa shape index (κ3) is 3.97. The zero-order chi connectivity index (χ0) is 17.4. The molecule has 2 heterocycles. The van der Waals surface area contributed by atoms with Crippen LogP contribution in [0.1, 0.15) is 50.4 Å². The third-order valence-electron chi connectivity index (χ3n) is 3.62. The first-order chi connectivity index (χ1) is 10.6. The van der Waals surface area contributed by atoms with Crippen LogP contribution in [-0.4, -0.2) is 45.9 Å². The molecule has 1 aromatic rings. The Labute approximate surface area is 134 Å². The Kier molecular flexibility index (Phi) is 4.58. The van der Waals surface area contributed by atoms with Gasteiger partial charge in [-0.1, -0.05) is 5.16 Å². The highest BCUT2D eigenvalue weighted by Gasteiger charge is 2.41. The van der Waals surface area contributed by atoms with E-state index in [-0.39, 0.29) is 30.5 Å². The van der Waals surface area contributed by atoms with Gasteiger partial charge >= 0.3 is 6.09 Å². The fourth-order valence-electron chi connectivity index (χ4n) is 2.49. The Morgan fingerprint density at radius 3 is 2.57 bits per heavy atom. The zero-order valence-corrected chi connectivity index (χ0v) is 14.1. The molecule has 126 valence electrons. The van der Waals surface area contributed by atoms with E-state index in [2.05, 4.69) is 5.16 Å². The molecule has 1 aliphatic heterocycles. The number of carbonyl (C=O) groups is 3. The van der Waals surface area contributed by atoms with Gasteiger partial charge in [-0.05, 0) is 34.6 Å². The molecular weight excluding hydrogens is 300 g/mol. The number of rotatable bonds is 2. The molecule has 1 aromatic heterocycles. The summed E-state index contributed by atoms with van der Waals surface area (Å²) in [6, 6.07) is 1.19. The van der Waals surface area contributed by atoms with E-state index in [9.17, 15) is 14.4 Å². The molecule has 0 aromatic carbocycles. The van der Waals surface area contributed by atoms with Crippen molar-refractivity contribution < 1.29 is 23.6 Å². The number of amides is 1. The summed E-state index contributed by atoms with van der Waals surface area (Å²) in [6.45, 7) is 8.74. The summed E-state index contributed by atoms with van der Waals surface area (Å²) in [5.74, 6) is -1.05. The van der Waals surface area contributed by atoms with Crippen LogP contribution < -0.4 is 0 Å². The van der Waals surface area contributed by atoms with Crippen molar-refractivity contribution in [2.75, 3.05) is 6.54 Å². The van der Waals surface area contributed by atoms with Crippen molar-refractivity contribution in [3.05, 3.63) is 17.5 Å². The van der Waals surface area contributed by atoms with Crippen molar-refractivity contribution >= 4 is 17.7 Å². The van der Waals surface area contributed by atoms with E-state index in [1.165, 1.54) is 11.0 Å². The van der Waals surface area contributed by atoms with E-state index in [0.29, 0.717) is 5.76 Å². The number of piperidine rings is 1. The smallest absolute Gasteiger partial charge is 0.410 e. The topological polar surface area (TPSA) is 89.7 Å². The lowest BCUT2D eigenvalue weighted by atomic mass is 9.88. The highest BCUT2D eigenvalue weighted by atomic mass is 16.6. The standard InChI is InChI=1S/C16H22N2O5/c1-9-6-13(19)11(14(20)12-7-10(2)23-17-12)8-18(9)15(21)22-16(3,4)5/h7,9,11H,6,8H2,1-5H3/t9-,11?/m0/s1. The zero-order valence-electron chi connectivity index (χ0n) is 14.1. The maximum absolute atomic E-state index is 12.5. The number of ether oxygens (including phenoxy) is 1. The second-order valence-corrected chi connectivity index (χ2v) is 6.89. The van der Waals surface area contributed by atoms with Gasteiger partial charge in [-0.25, -0.2) is 4.79 Å². The summed E-state index contributed by atoms with van der Waals surface area (Å²) in [4.78, 5) is 38.4. The number of aromatic nitrogens is 1. The van der Waals surface area contributed by atoms with E-state index in [1.807, 2.05) is 0 Å². The molecule has 2 atom stereocenters. The van der Waals surface area contributed by atoms with Crippen molar-refractivity contribution in [2.24, 2.45) is 5.92 Å². The van der Waals surface area contributed by atoms with Crippen LogP contribution in [-0.2, 0) is 9.53 Å². The van der Waals surface area contributed by atoms with E-state index >= 15 is 0 Å². The molecule has 23 heavy (non-hydrogen) atoms. The Bertz CT molecular complexity index is 629. The molecule has 0 bridgehead atoms. The Morgan fingerprint density at radius 2 is 2.04 bits per heavy atom. The lowest BCUT2D eigenvalue weighted by Gasteiger charge is -2.37. The maximum Gasteiger partial charge on any atom is 0.410 e. The van der Waals surface area contributed by atoms with Crippen LogP contribution in [0.25, 0.3) is 0 Å². The molecular formula is C16H22N2O5. The largest absolute Gasteiger partial charge is 0.444 e. The summed E-state index contributed by atoms with van der Waals surface area (Å²) in [6.07, 6.45) is -0.404. The molecule has 0 spiro atoms. The first-order valence-electron chi connectivity index (χ1n) is 7.58. The fraction of sp³-hybridized carbons (Fsp3) is 0.625. The van der Waals surface area contributed by atoms with Gasteiger partial charge in [0.25, 0.3) is 0 Å².